The summed E-state index contributed by atoms with van der Waals surface area (Å²) in [4.78, 5) is 4.20. The molecule has 7 heteroatoms. The quantitative estimate of drug-likeness (QED) is 0.792. The van der Waals surface area contributed by atoms with E-state index >= 15 is 0 Å². The highest BCUT2D eigenvalue weighted by molar-refractivity contribution is 7.91. The summed E-state index contributed by atoms with van der Waals surface area (Å²) in [6, 6.07) is 0. The molecule has 1 unspecified atom stereocenters. The Morgan fingerprint density at radius 2 is 2.31 bits per heavy atom. The second kappa shape index (κ2) is 4.50. The van der Waals surface area contributed by atoms with E-state index in [2.05, 4.69) is 10.1 Å². The monoisotopic (exact) mass is 245 g/mol. The fourth-order valence-corrected chi connectivity index (χ4v) is 3.53. The molecule has 2 N–H and O–H groups in total. The molecule has 0 aliphatic carbocycles. The minimum atomic E-state index is -2.89. The van der Waals surface area contributed by atoms with E-state index in [1.54, 1.807) is 0 Å². The molecular formula is C9H15N3O3S. The van der Waals surface area contributed by atoms with Crippen molar-refractivity contribution in [2.75, 3.05) is 18.1 Å². The predicted octanol–water partition coefficient (Wildman–Crippen LogP) is -0.137. The first-order chi connectivity index (χ1) is 7.61. The zero-order valence-electron chi connectivity index (χ0n) is 8.92. The van der Waals surface area contributed by atoms with Crippen LogP contribution in [-0.2, 0) is 16.3 Å². The lowest BCUT2D eigenvalue weighted by Gasteiger charge is -1.98. The van der Waals surface area contributed by atoms with Crippen LogP contribution in [0.1, 0.15) is 30.5 Å². The van der Waals surface area contributed by atoms with Crippen LogP contribution in [0.3, 0.4) is 0 Å². The van der Waals surface area contributed by atoms with E-state index < -0.39 is 9.84 Å². The summed E-state index contributed by atoms with van der Waals surface area (Å²) < 4.78 is 27.6. The van der Waals surface area contributed by atoms with Crippen molar-refractivity contribution in [3.8, 4) is 0 Å². The molecule has 1 fully saturated rings. The summed E-state index contributed by atoms with van der Waals surface area (Å²) in [5.41, 5.74) is 5.37. The van der Waals surface area contributed by atoms with Crippen LogP contribution in [0.4, 0.5) is 0 Å². The molecule has 2 heterocycles. The van der Waals surface area contributed by atoms with Gasteiger partial charge < -0.3 is 10.3 Å². The molecule has 0 saturated carbocycles. The summed E-state index contributed by atoms with van der Waals surface area (Å²) in [6.07, 6.45) is 2.05. The number of aryl methyl sites for hydroxylation is 1. The Labute approximate surface area is 94.1 Å². The number of nitrogens with zero attached hydrogens (tertiary/aromatic N) is 2. The molecule has 0 spiro atoms. The van der Waals surface area contributed by atoms with Gasteiger partial charge in [0.15, 0.2) is 15.7 Å². The number of rotatable bonds is 4. The molecular weight excluding hydrogens is 230 g/mol. The standard InChI is InChI=1S/C9H15N3O3S/c10-4-1-2-8-11-9(12-15-8)7-3-5-16(13,14)6-7/h7H,1-6,10H2. The second-order valence-electron chi connectivity index (χ2n) is 4.04. The molecule has 16 heavy (non-hydrogen) atoms. The fourth-order valence-electron chi connectivity index (χ4n) is 1.79. The molecule has 1 aromatic heterocycles. The highest BCUT2D eigenvalue weighted by Crippen LogP contribution is 2.26. The van der Waals surface area contributed by atoms with E-state index in [0.29, 0.717) is 31.1 Å². The molecule has 0 aromatic carbocycles. The van der Waals surface area contributed by atoms with Crippen molar-refractivity contribution in [2.45, 2.75) is 25.2 Å². The van der Waals surface area contributed by atoms with Crippen LogP contribution in [0.5, 0.6) is 0 Å². The van der Waals surface area contributed by atoms with E-state index in [9.17, 15) is 8.42 Å². The predicted molar refractivity (Wildman–Crippen MR) is 57.7 cm³/mol. The van der Waals surface area contributed by atoms with Crippen LogP contribution in [0.15, 0.2) is 4.52 Å². The third-order valence-corrected chi connectivity index (χ3v) is 4.44. The van der Waals surface area contributed by atoms with Crippen molar-refractivity contribution >= 4 is 9.84 Å². The Hall–Kier alpha value is -0.950. The zero-order chi connectivity index (χ0) is 11.6. The van der Waals surface area contributed by atoms with Crippen LogP contribution >= 0.6 is 0 Å². The van der Waals surface area contributed by atoms with E-state index in [-0.39, 0.29) is 17.4 Å². The molecule has 1 atom stereocenters. The number of hydrogen-bond donors (Lipinski definition) is 1. The van der Waals surface area contributed by atoms with Gasteiger partial charge in [-0.05, 0) is 19.4 Å². The maximum atomic E-state index is 11.3. The third kappa shape index (κ3) is 2.59. The van der Waals surface area contributed by atoms with E-state index in [1.807, 2.05) is 0 Å². The Balaban J connectivity index is 2.02. The molecule has 1 saturated heterocycles. The van der Waals surface area contributed by atoms with Gasteiger partial charge in [-0.2, -0.15) is 4.98 Å². The van der Waals surface area contributed by atoms with Gasteiger partial charge in [-0.15, -0.1) is 0 Å². The van der Waals surface area contributed by atoms with Crippen molar-refractivity contribution < 1.29 is 12.9 Å². The van der Waals surface area contributed by atoms with Gasteiger partial charge in [-0.25, -0.2) is 8.42 Å². The summed E-state index contributed by atoms with van der Waals surface area (Å²) in [5, 5.41) is 3.83. The van der Waals surface area contributed by atoms with E-state index in [1.165, 1.54) is 0 Å². The van der Waals surface area contributed by atoms with Crippen LogP contribution in [0.25, 0.3) is 0 Å². The number of aromatic nitrogens is 2. The summed E-state index contributed by atoms with van der Waals surface area (Å²) in [7, 11) is -2.89. The molecule has 1 aromatic rings. The van der Waals surface area contributed by atoms with Gasteiger partial charge in [0.2, 0.25) is 5.89 Å². The van der Waals surface area contributed by atoms with E-state index in [0.717, 1.165) is 6.42 Å². The Bertz CT molecular complexity index is 454. The highest BCUT2D eigenvalue weighted by atomic mass is 32.2. The molecule has 90 valence electrons. The van der Waals surface area contributed by atoms with Gasteiger partial charge >= 0.3 is 0 Å². The summed E-state index contributed by atoms with van der Waals surface area (Å²) in [6.45, 7) is 0.579. The number of sulfone groups is 1. The van der Waals surface area contributed by atoms with Crippen molar-refractivity contribution in [1.29, 1.82) is 0 Å². The molecule has 1 aliphatic heterocycles. The molecule has 0 bridgehead atoms. The van der Waals surface area contributed by atoms with Crippen molar-refractivity contribution in [3.63, 3.8) is 0 Å². The molecule has 1 aliphatic rings. The Kier molecular flexibility index (Phi) is 3.25. The van der Waals surface area contributed by atoms with Crippen LogP contribution in [0, 0.1) is 0 Å². The first kappa shape index (κ1) is 11.5. The third-order valence-electron chi connectivity index (χ3n) is 2.68. The molecule has 6 nitrogen and oxygen atoms in total. The first-order valence-electron chi connectivity index (χ1n) is 5.34. The topological polar surface area (TPSA) is 99.1 Å². The Morgan fingerprint density at radius 1 is 1.50 bits per heavy atom. The fraction of sp³-hybridized carbons (Fsp3) is 0.778. The van der Waals surface area contributed by atoms with Gasteiger partial charge in [0, 0.05) is 12.3 Å². The smallest absolute Gasteiger partial charge is 0.226 e. The van der Waals surface area contributed by atoms with Crippen LogP contribution < -0.4 is 5.73 Å². The van der Waals surface area contributed by atoms with Crippen LogP contribution in [0.2, 0.25) is 0 Å². The van der Waals surface area contributed by atoms with Gasteiger partial charge in [0.1, 0.15) is 0 Å². The molecule has 0 amide bonds. The molecule has 2 rings (SSSR count). The number of hydrogen-bond acceptors (Lipinski definition) is 6. The Morgan fingerprint density at radius 3 is 2.94 bits per heavy atom. The molecule has 0 radical (unpaired) electrons. The lowest BCUT2D eigenvalue weighted by molar-refractivity contribution is 0.368. The second-order valence-corrected chi connectivity index (χ2v) is 6.27. The highest BCUT2D eigenvalue weighted by Gasteiger charge is 2.32. The summed E-state index contributed by atoms with van der Waals surface area (Å²) in [5.74, 6) is 1.34. The van der Waals surface area contributed by atoms with Gasteiger partial charge in [0.05, 0.1) is 11.5 Å². The normalized spacial score (nSPS) is 23.7. The first-order valence-corrected chi connectivity index (χ1v) is 7.16. The minimum absolute atomic E-state index is 0.0969. The maximum absolute atomic E-state index is 11.3. The number of nitrogens with two attached hydrogens (primary N) is 1. The lowest BCUT2D eigenvalue weighted by atomic mass is 10.1. The van der Waals surface area contributed by atoms with Crippen LogP contribution in [-0.4, -0.2) is 36.6 Å². The van der Waals surface area contributed by atoms with E-state index in [4.69, 9.17) is 10.3 Å². The van der Waals surface area contributed by atoms with Crippen molar-refractivity contribution in [3.05, 3.63) is 11.7 Å². The largest absolute Gasteiger partial charge is 0.339 e. The van der Waals surface area contributed by atoms with Crippen molar-refractivity contribution in [1.82, 2.24) is 10.1 Å². The van der Waals surface area contributed by atoms with Gasteiger partial charge in [-0.1, -0.05) is 5.16 Å². The van der Waals surface area contributed by atoms with Crippen molar-refractivity contribution in [2.24, 2.45) is 5.73 Å². The van der Waals surface area contributed by atoms with Gasteiger partial charge in [0.25, 0.3) is 0 Å². The maximum Gasteiger partial charge on any atom is 0.226 e. The SMILES string of the molecule is NCCCc1nc(C2CCS(=O)(=O)C2)no1. The summed E-state index contributed by atoms with van der Waals surface area (Å²) >= 11 is 0. The average molecular weight is 245 g/mol. The minimum Gasteiger partial charge on any atom is -0.339 e. The zero-order valence-corrected chi connectivity index (χ0v) is 9.74. The average Bonchev–Trinajstić information content (AvgIpc) is 2.81. The lowest BCUT2D eigenvalue weighted by Crippen LogP contribution is -2.05. The van der Waals surface area contributed by atoms with Gasteiger partial charge in [-0.3, -0.25) is 0 Å².